The first-order valence-corrected chi connectivity index (χ1v) is 9.95. The lowest BCUT2D eigenvalue weighted by molar-refractivity contribution is -0.131. The average Bonchev–Trinajstić information content (AvgIpc) is 2.51. The molecule has 1 aromatic rings. The van der Waals surface area contributed by atoms with Crippen LogP contribution in [0.3, 0.4) is 0 Å². The fourth-order valence-electron chi connectivity index (χ4n) is 2.57. The van der Waals surface area contributed by atoms with Crippen LogP contribution < -0.4 is 0 Å². The van der Waals surface area contributed by atoms with Gasteiger partial charge in [-0.2, -0.15) is 4.31 Å². The number of hydrogen-bond acceptors (Lipinski definition) is 3. The smallest absolute Gasteiger partial charge is 0.237 e. The molecule has 6 heteroatoms. The van der Waals surface area contributed by atoms with Crippen LogP contribution in [0.4, 0.5) is 0 Å². The Morgan fingerprint density at radius 1 is 1.09 bits per heavy atom. The van der Waals surface area contributed by atoms with Gasteiger partial charge in [0.15, 0.2) is 0 Å². The van der Waals surface area contributed by atoms with E-state index in [-0.39, 0.29) is 18.5 Å². The molecule has 5 nitrogen and oxygen atoms in total. The summed E-state index contributed by atoms with van der Waals surface area (Å²) in [4.78, 5) is 14.3. The Morgan fingerprint density at radius 2 is 1.61 bits per heavy atom. The second-order valence-electron chi connectivity index (χ2n) is 5.78. The first kappa shape index (κ1) is 19.6. The van der Waals surface area contributed by atoms with Crippen molar-refractivity contribution in [1.29, 1.82) is 0 Å². The minimum atomic E-state index is -3.48. The van der Waals surface area contributed by atoms with Gasteiger partial charge in [0.25, 0.3) is 0 Å². The van der Waals surface area contributed by atoms with E-state index in [9.17, 15) is 13.2 Å². The summed E-state index contributed by atoms with van der Waals surface area (Å²) in [5, 5.41) is 0. The molecule has 0 aliphatic rings. The van der Waals surface area contributed by atoms with E-state index in [1.807, 2.05) is 51.1 Å². The van der Waals surface area contributed by atoms with Gasteiger partial charge in [-0.15, -0.1) is 0 Å². The standard InChI is InChI=1S/C17H28N2O3S/c1-5-12-18(13-6-2)17(20)14-19(23(4,21)22)15(3)16-10-8-7-9-11-16/h7-11,15H,5-6,12-14H2,1-4H3. The lowest BCUT2D eigenvalue weighted by Crippen LogP contribution is -2.44. The molecule has 0 spiro atoms. The maximum Gasteiger partial charge on any atom is 0.237 e. The van der Waals surface area contributed by atoms with E-state index in [0.717, 1.165) is 24.7 Å². The van der Waals surface area contributed by atoms with Gasteiger partial charge in [-0.25, -0.2) is 8.42 Å². The minimum Gasteiger partial charge on any atom is -0.342 e. The minimum absolute atomic E-state index is 0.116. The Labute approximate surface area is 140 Å². The number of benzene rings is 1. The van der Waals surface area contributed by atoms with Crippen LogP contribution in [0.1, 0.15) is 45.2 Å². The SMILES string of the molecule is CCCN(CCC)C(=O)CN(C(C)c1ccccc1)S(C)(=O)=O. The van der Waals surface area contributed by atoms with Crippen molar-refractivity contribution in [1.82, 2.24) is 9.21 Å². The second kappa shape index (κ2) is 9.03. The van der Waals surface area contributed by atoms with Gasteiger partial charge >= 0.3 is 0 Å². The highest BCUT2D eigenvalue weighted by molar-refractivity contribution is 7.88. The molecule has 0 aliphatic carbocycles. The molecule has 1 rings (SSSR count). The third-order valence-corrected chi connectivity index (χ3v) is 5.07. The van der Waals surface area contributed by atoms with Crippen molar-refractivity contribution in [2.24, 2.45) is 0 Å². The summed E-state index contributed by atoms with van der Waals surface area (Å²) in [5.41, 5.74) is 0.878. The fourth-order valence-corrected chi connectivity index (χ4v) is 3.61. The van der Waals surface area contributed by atoms with Gasteiger partial charge in [0.05, 0.1) is 12.8 Å². The highest BCUT2D eigenvalue weighted by Gasteiger charge is 2.28. The van der Waals surface area contributed by atoms with Gasteiger partial charge in [0.1, 0.15) is 0 Å². The molecule has 1 aromatic carbocycles. The van der Waals surface area contributed by atoms with Crippen LogP contribution in [0.15, 0.2) is 30.3 Å². The molecule has 0 heterocycles. The topological polar surface area (TPSA) is 57.7 Å². The number of hydrogen-bond donors (Lipinski definition) is 0. The van der Waals surface area contributed by atoms with Gasteiger partial charge in [0.2, 0.25) is 15.9 Å². The number of sulfonamides is 1. The third-order valence-electron chi connectivity index (χ3n) is 3.77. The number of rotatable bonds is 9. The molecule has 1 unspecified atom stereocenters. The lowest BCUT2D eigenvalue weighted by atomic mass is 10.1. The van der Waals surface area contributed by atoms with Crippen molar-refractivity contribution in [3.05, 3.63) is 35.9 Å². The second-order valence-corrected chi connectivity index (χ2v) is 7.71. The van der Waals surface area contributed by atoms with Crippen LogP contribution in [0.25, 0.3) is 0 Å². The molecule has 1 amide bonds. The highest BCUT2D eigenvalue weighted by Crippen LogP contribution is 2.22. The van der Waals surface area contributed by atoms with Gasteiger partial charge < -0.3 is 4.90 Å². The molecule has 23 heavy (non-hydrogen) atoms. The Hall–Kier alpha value is -1.40. The Balaban J connectivity index is 2.97. The molecule has 0 saturated heterocycles. The summed E-state index contributed by atoms with van der Waals surface area (Å²) in [6.07, 6.45) is 2.88. The first-order valence-electron chi connectivity index (χ1n) is 8.10. The van der Waals surface area contributed by atoms with E-state index in [4.69, 9.17) is 0 Å². The zero-order chi connectivity index (χ0) is 17.5. The predicted octanol–water partition coefficient (Wildman–Crippen LogP) is 2.66. The molecule has 0 N–H and O–H groups in total. The summed E-state index contributed by atoms with van der Waals surface area (Å²) in [5.74, 6) is -0.137. The molecule has 0 radical (unpaired) electrons. The zero-order valence-electron chi connectivity index (χ0n) is 14.5. The Bertz CT molecular complexity index is 581. The van der Waals surface area contributed by atoms with Crippen molar-refractivity contribution in [3.8, 4) is 0 Å². The van der Waals surface area contributed by atoms with Crippen LogP contribution in [-0.4, -0.2) is 49.4 Å². The van der Waals surface area contributed by atoms with Crippen molar-refractivity contribution in [2.45, 2.75) is 39.7 Å². The Morgan fingerprint density at radius 3 is 2.04 bits per heavy atom. The summed E-state index contributed by atoms with van der Waals surface area (Å²) in [7, 11) is -3.48. The predicted molar refractivity (Wildman–Crippen MR) is 93.6 cm³/mol. The molecule has 1 atom stereocenters. The molecule has 0 aliphatic heterocycles. The maximum absolute atomic E-state index is 12.5. The summed E-state index contributed by atoms with van der Waals surface area (Å²) >= 11 is 0. The van der Waals surface area contributed by atoms with Crippen LogP contribution >= 0.6 is 0 Å². The fraction of sp³-hybridized carbons (Fsp3) is 0.588. The van der Waals surface area contributed by atoms with Gasteiger partial charge in [0, 0.05) is 19.1 Å². The van der Waals surface area contributed by atoms with Crippen molar-refractivity contribution in [3.63, 3.8) is 0 Å². The maximum atomic E-state index is 12.5. The normalized spacial score (nSPS) is 13.1. The van der Waals surface area contributed by atoms with Gasteiger partial charge in [-0.3, -0.25) is 4.79 Å². The van der Waals surface area contributed by atoms with Crippen LogP contribution in [0, 0.1) is 0 Å². The summed E-state index contributed by atoms with van der Waals surface area (Å²) in [6.45, 7) is 7.03. The van der Waals surface area contributed by atoms with E-state index in [1.165, 1.54) is 4.31 Å². The summed E-state index contributed by atoms with van der Waals surface area (Å²) in [6, 6.07) is 9.01. The lowest BCUT2D eigenvalue weighted by Gasteiger charge is -2.30. The monoisotopic (exact) mass is 340 g/mol. The van der Waals surface area contributed by atoms with Crippen LogP contribution in [-0.2, 0) is 14.8 Å². The molecule has 0 aromatic heterocycles. The largest absolute Gasteiger partial charge is 0.342 e. The molecular weight excluding hydrogens is 312 g/mol. The molecule has 130 valence electrons. The van der Waals surface area contributed by atoms with E-state index >= 15 is 0 Å². The van der Waals surface area contributed by atoms with E-state index < -0.39 is 10.0 Å². The van der Waals surface area contributed by atoms with Crippen LogP contribution in [0.2, 0.25) is 0 Å². The molecule has 0 fully saturated rings. The molecule has 0 saturated carbocycles. The van der Waals surface area contributed by atoms with Gasteiger partial charge in [-0.1, -0.05) is 44.2 Å². The molecular formula is C17H28N2O3S. The number of amides is 1. The van der Waals surface area contributed by atoms with Crippen molar-refractivity contribution >= 4 is 15.9 Å². The van der Waals surface area contributed by atoms with Crippen LogP contribution in [0.5, 0.6) is 0 Å². The number of carbonyl (C=O) groups excluding carboxylic acids is 1. The van der Waals surface area contributed by atoms with Crippen molar-refractivity contribution in [2.75, 3.05) is 25.9 Å². The van der Waals surface area contributed by atoms with E-state index in [1.54, 1.807) is 4.90 Å². The highest BCUT2D eigenvalue weighted by atomic mass is 32.2. The average molecular weight is 340 g/mol. The quantitative estimate of drug-likeness (QED) is 0.694. The van der Waals surface area contributed by atoms with E-state index in [2.05, 4.69) is 0 Å². The Kier molecular flexibility index (Phi) is 7.72. The van der Waals surface area contributed by atoms with E-state index in [0.29, 0.717) is 13.1 Å². The number of nitrogens with zero attached hydrogens (tertiary/aromatic N) is 2. The summed E-state index contributed by atoms with van der Waals surface area (Å²) < 4.78 is 25.6. The molecule has 0 bridgehead atoms. The third kappa shape index (κ3) is 5.95. The first-order chi connectivity index (χ1) is 10.8. The van der Waals surface area contributed by atoms with Crippen molar-refractivity contribution < 1.29 is 13.2 Å². The van der Waals surface area contributed by atoms with Gasteiger partial charge in [-0.05, 0) is 25.3 Å². The number of carbonyl (C=O) groups is 1. The zero-order valence-corrected chi connectivity index (χ0v) is 15.3.